The molecule has 0 fully saturated rings. The van der Waals surface area contributed by atoms with Gasteiger partial charge in [-0.3, -0.25) is 0 Å². The molecule has 0 aliphatic rings. The Hall–Kier alpha value is -1.39. The molecule has 0 aliphatic carbocycles. The van der Waals surface area contributed by atoms with Crippen molar-refractivity contribution in [3.63, 3.8) is 0 Å². The minimum Gasteiger partial charge on any atom is -0.386 e. The quantitative estimate of drug-likeness (QED) is 0.526. The van der Waals surface area contributed by atoms with Crippen LogP contribution in [0.3, 0.4) is 0 Å². The summed E-state index contributed by atoms with van der Waals surface area (Å²) in [7, 11) is 0. The highest BCUT2D eigenvalue weighted by molar-refractivity contribution is 7.15. The van der Waals surface area contributed by atoms with Gasteiger partial charge in [-0.1, -0.05) is 18.2 Å². The van der Waals surface area contributed by atoms with Gasteiger partial charge in [0.2, 0.25) is 0 Å². The van der Waals surface area contributed by atoms with Gasteiger partial charge >= 0.3 is 0 Å². The summed E-state index contributed by atoms with van der Waals surface area (Å²) in [4.78, 5) is 9.64. The first kappa shape index (κ1) is 12.1. The average Bonchev–Trinajstić information content (AvgIpc) is 2.76. The van der Waals surface area contributed by atoms with E-state index in [0.29, 0.717) is 5.84 Å². The van der Waals surface area contributed by atoms with E-state index in [9.17, 15) is 0 Å². The van der Waals surface area contributed by atoms with Crippen molar-refractivity contribution in [1.29, 1.82) is 0 Å². The van der Waals surface area contributed by atoms with E-state index in [1.165, 1.54) is 0 Å². The number of nitrogens with zero attached hydrogens (tertiary/aromatic N) is 2. The second-order valence-electron chi connectivity index (χ2n) is 3.50. The molecular weight excluding hydrogens is 254 g/mol. The minimum absolute atomic E-state index is 0.232. The molecule has 0 spiro atoms. The van der Waals surface area contributed by atoms with Crippen LogP contribution in [0.1, 0.15) is 5.01 Å². The number of alkyl halides is 1. The number of nitrogens with two attached hydrogens (primary N) is 1. The molecule has 1 heterocycles. The van der Waals surface area contributed by atoms with Gasteiger partial charge in [-0.25, -0.2) is 9.98 Å². The number of amidine groups is 1. The second-order valence-corrected chi connectivity index (χ2v) is 5.00. The van der Waals surface area contributed by atoms with Gasteiger partial charge in [0, 0.05) is 11.8 Å². The summed E-state index contributed by atoms with van der Waals surface area (Å²) < 4.78 is 0. The van der Waals surface area contributed by atoms with Crippen molar-refractivity contribution in [2.75, 3.05) is 5.88 Å². The third-order valence-electron chi connectivity index (χ3n) is 2.19. The molecule has 5 heteroatoms. The highest BCUT2D eigenvalue weighted by Crippen LogP contribution is 2.33. The first-order valence-corrected chi connectivity index (χ1v) is 6.46. The molecule has 2 aromatic rings. The lowest BCUT2D eigenvalue weighted by Gasteiger charge is -2.03. The van der Waals surface area contributed by atoms with Gasteiger partial charge in [0.15, 0.2) is 0 Å². The third-order valence-corrected chi connectivity index (χ3v) is 3.41. The van der Waals surface area contributed by atoms with E-state index in [1.54, 1.807) is 11.3 Å². The van der Waals surface area contributed by atoms with Gasteiger partial charge < -0.3 is 5.73 Å². The van der Waals surface area contributed by atoms with Crippen LogP contribution in [-0.4, -0.2) is 16.7 Å². The summed E-state index contributed by atoms with van der Waals surface area (Å²) in [5.74, 6) is 0.649. The fourth-order valence-electron chi connectivity index (χ4n) is 1.45. The molecule has 1 aromatic heterocycles. The second kappa shape index (κ2) is 5.29. The number of aromatic nitrogens is 1. The number of benzene rings is 1. The fourth-order valence-corrected chi connectivity index (χ4v) is 2.32. The van der Waals surface area contributed by atoms with Crippen molar-refractivity contribution in [2.45, 2.75) is 6.92 Å². The van der Waals surface area contributed by atoms with E-state index in [0.717, 1.165) is 21.1 Å². The summed E-state index contributed by atoms with van der Waals surface area (Å²) >= 11 is 7.27. The lowest BCUT2D eigenvalue weighted by molar-refractivity contribution is 1.30. The molecule has 17 heavy (non-hydrogen) atoms. The van der Waals surface area contributed by atoms with Gasteiger partial charge in [0.1, 0.15) is 5.84 Å². The van der Waals surface area contributed by atoms with Crippen LogP contribution in [0.15, 0.2) is 35.5 Å². The molecule has 2 rings (SSSR count). The van der Waals surface area contributed by atoms with Gasteiger partial charge in [-0.15, -0.1) is 22.9 Å². The third kappa shape index (κ3) is 2.84. The Morgan fingerprint density at radius 2 is 2.24 bits per heavy atom. The number of thiazole rings is 1. The predicted octanol–water partition coefficient (Wildman–Crippen LogP) is 3.35. The van der Waals surface area contributed by atoms with Crippen LogP contribution in [0.5, 0.6) is 0 Å². The van der Waals surface area contributed by atoms with Crippen LogP contribution in [0.2, 0.25) is 0 Å². The molecule has 88 valence electrons. The number of halogens is 1. The molecule has 1 aromatic carbocycles. The first-order chi connectivity index (χ1) is 8.20. The van der Waals surface area contributed by atoms with Crippen molar-refractivity contribution in [1.82, 2.24) is 4.98 Å². The molecule has 0 bridgehead atoms. The Balaban J connectivity index is 2.48. The maximum atomic E-state index is 5.66. The SMILES string of the molecule is Cc1ncc(-c2ccccc2N=C(N)CCl)s1. The number of rotatable bonds is 3. The normalized spacial score (nSPS) is 11.8. The van der Waals surface area contributed by atoms with Gasteiger partial charge in [0.25, 0.3) is 0 Å². The molecular formula is C12H12ClN3S. The van der Waals surface area contributed by atoms with E-state index in [-0.39, 0.29) is 5.88 Å². The highest BCUT2D eigenvalue weighted by atomic mass is 35.5. The monoisotopic (exact) mass is 265 g/mol. The lowest BCUT2D eigenvalue weighted by atomic mass is 10.1. The number of para-hydroxylation sites is 1. The summed E-state index contributed by atoms with van der Waals surface area (Å²) in [5.41, 5.74) is 7.52. The standard InChI is InChI=1S/C12H12ClN3S/c1-8-15-7-11(17-8)9-4-2-3-5-10(9)16-12(14)6-13/h2-5,7H,6H2,1H3,(H2,14,16). The van der Waals surface area contributed by atoms with Gasteiger partial charge in [0.05, 0.1) is 21.5 Å². The van der Waals surface area contributed by atoms with Crippen LogP contribution < -0.4 is 5.73 Å². The van der Waals surface area contributed by atoms with Crippen LogP contribution in [0, 0.1) is 6.92 Å². The smallest absolute Gasteiger partial charge is 0.115 e. The zero-order chi connectivity index (χ0) is 12.3. The van der Waals surface area contributed by atoms with E-state index >= 15 is 0 Å². The largest absolute Gasteiger partial charge is 0.386 e. The zero-order valence-electron chi connectivity index (χ0n) is 9.35. The molecule has 0 saturated carbocycles. The predicted molar refractivity (Wildman–Crippen MR) is 74.3 cm³/mol. The summed E-state index contributed by atoms with van der Waals surface area (Å²) in [6, 6.07) is 7.83. The average molecular weight is 266 g/mol. The number of aliphatic imine (C=N–C) groups is 1. The molecule has 0 unspecified atom stereocenters. The van der Waals surface area contributed by atoms with E-state index in [1.807, 2.05) is 37.4 Å². The number of aryl methyl sites for hydroxylation is 1. The van der Waals surface area contributed by atoms with Gasteiger partial charge in [-0.05, 0) is 13.0 Å². The Bertz CT molecular complexity index is 548. The molecule has 0 amide bonds. The lowest BCUT2D eigenvalue weighted by Crippen LogP contribution is -2.12. The molecule has 0 saturated heterocycles. The van der Waals surface area contributed by atoms with Crippen LogP contribution in [0.4, 0.5) is 5.69 Å². The zero-order valence-corrected chi connectivity index (χ0v) is 10.9. The Morgan fingerprint density at radius 1 is 1.47 bits per heavy atom. The van der Waals surface area contributed by atoms with Crippen molar-refractivity contribution >= 4 is 34.5 Å². The van der Waals surface area contributed by atoms with Crippen LogP contribution in [-0.2, 0) is 0 Å². The highest BCUT2D eigenvalue weighted by Gasteiger charge is 2.07. The maximum Gasteiger partial charge on any atom is 0.115 e. The van der Waals surface area contributed by atoms with Gasteiger partial charge in [-0.2, -0.15) is 0 Å². The Kier molecular flexibility index (Phi) is 3.76. The summed E-state index contributed by atoms with van der Waals surface area (Å²) in [5, 5.41) is 1.03. The first-order valence-electron chi connectivity index (χ1n) is 5.11. The number of hydrogen-bond acceptors (Lipinski definition) is 3. The van der Waals surface area contributed by atoms with Crippen LogP contribution in [0.25, 0.3) is 10.4 Å². The molecule has 3 nitrogen and oxygen atoms in total. The molecule has 0 atom stereocenters. The maximum absolute atomic E-state index is 5.66. The minimum atomic E-state index is 0.232. The molecule has 0 radical (unpaired) electrons. The fraction of sp³-hybridized carbons (Fsp3) is 0.167. The summed E-state index contributed by atoms with van der Waals surface area (Å²) in [6.07, 6.45) is 1.85. The van der Waals surface area contributed by atoms with Crippen molar-refractivity contribution in [3.05, 3.63) is 35.5 Å². The van der Waals surface area contributed by atoms with E-state index in [2.05, 4.69) is 9.98 Å². The number of hydrogen-bond donors (Lipinski definition) is 1. The molecule has 2 N–H and O–H groups in total. The topological polar surface area (TPSA) is 51.3 Å². The van der Waals surface area contributed by atoms with E-state index in [4.69, 9.17) is 17.3 Å². The van der Waals surface area contributed by atoms with Crippen LogP contribution >= 0.6 is 22.9 Å². The van der Waals surface area contributed by atoms with Crippen molar-refractivity contribution < 1.29 is 0 Å². The Morgan fingerprint density at radius 3 is 2.88 bits per heavy atom. The molecule has 0 aliphatic heterocycles. The van der Waals surface area contributed by atoms with E-state index < -0.39 is 0 Å². The summed E-state index contributed by atoms with van der Waals surface area (Å²) in [6.45, 7) is 1.98. The van der Waals surface area contributed by atoms with Crippen molar-refractivity contribution in [3.8, 4) is 10.4 Å². The Labute approximate surface area is 109 Å². The van der Waals surface area contributed by atoms with Crippen molar-refractivity contribution in [2.24, 2.45) is 10.7 Å².